The van der Waals surface area contributed by atoms with Gasteiger partial charge in [0.05, 0.1) is 6.04 Å². The number of rotatable bonds is 5. The number of carbonyl (C=O) groups excluding carboxylic acids is 1. The van der Waals surface area contributed by atoms with Gasteiger partial charge in [-0.05, 0) is 48.4 Å². The molecule has 5 heteroatoms. The highest BCUT2D eigenvalue weighted by molar-refractivity contribution is 9.10. The molecular formula is C23H20BrNO3. The van der Waals surface area contributed by atoms with E-state index in [1.807, 2.05) is 77.7 Å². The third-order valence-electron chi connectivity index (χ3n) is 4.87. The van der Waals surface area contributed by atoms with Gasteiger partial charge in [-0.3, -0.25) is 4.79 Å². The summed E-state index contributed by atoms with van der Waals surface area (Å²) in [6, 6.07) is 23.3. The second-order valence-electron chi connectivity index (χ2n) is 6.72. The normalized spacial score (nSPS) is 13.2. The molecule has 1 aliphatic heterocycles. The molecule has 0 aromatic heterocycles. The zero-order valence-corrected chi connectivity index (χ0v) is 17.1. The molecule has 0 N–H and O–H groups in total. The van der Waals surface area contributed by atoms with Crippen molar-refractivity contribution in [1.82, 2.24) is 4.90 Å². The molecule has 3 aromatic rings. The van der Waals surface area contributed by atoms with Crippen molar-refractivity contribution in [3.63, 3.8) is 0 Å². The molecule has 0 spiro atoms. The zero-order valence-electron chi connectivity index (χ0n) is 15.5. The summed E-state index contributed by atoms with van der Waals surface area (Å²) in [6.07, 6.45) is 0. The van der Waals surface area contributed by atoms with Crippen molar-refractivity contribution in [1.29, 1.82) is 0 Å². The van der Waals surface area contributed by atoms with E-state index in [0.29, 0.717) is 12.1 Å². The number of fused-ring (bicyclic) bond motifs is 1. The highest BCUT2D eigenvalue weighted by Gasteiger charge is 2.24. The van der Waals surface area contributed by atoms with Gasteiger partial charge in [0.1, 0.15) is 0 Å². The highest BCUT2D eigenvalue weighted by atomic mass is 79.9. The Balaban J connectivity index is 1.67. The van der Waals surface area contributed by atoms with Gasteiger partial charge in [-0.2, -0.15) is 0 Å². The van der Waals surface area contributed by atoms with E-state index in [2.05, 4.69) is 22.9 Å². The van der Waals surface area contributed by atoms with E-state index < -0.39 is 0 Å². The largest absolute Gasteiger partial charge is 0.454 e. The number of hydrogen-bond donors (Lipinski definition) is 0. The predicted octanol–water partition coefficient (Wildman–Crippen LogP) is 5.58. The molecule has 0 bridgehead atoms. The van der Waals surface area contributed by atoms with Gasteiger partial charge in [0.15, 0.2) is 11.5 Å². The zero-order chi connectivity index (χ0) is 19.5. The number of hydrogen-bond acceptors (Lipinski definition) is 3. The molecule has 28 heavy (non-hydrogen) atoms. The van der Waals surface area contributed by atoms with Crippen LogP contribution in [0.3, 0.4) is 0 Å². The molecule has 0 saturated carbocycles. The predicted molar refractivity (Wildman–Crippen MR) is 111 cm³/mol. The van der Waals surface area contributed by atoms with E-state index in [0.717, 1.165) is 27.1 Å². The Morgan fingerprint density at radius 2 is 1.79 bits per heavy atom. The molecule has 1 heterocycles. The Labute approximate surface area is 172 Å². The van der Waals surface area contributed by atoms with Crippen molar-refractivity contribution in [2.24, 2.45) is 0 Å². The topological polar surface area (TPSA) is 38.8 Å². The first kappa shape index (κ1) is 18.6. The van der Waals surface area contributed by atoms with Gasteiger partial charge in [-0.25, -0.2) is 0 Å². The first-order valence-corrected chi connectivity index (χ1v) is 9.91. The summed E-state index contributed by atoms with van der Waals surface area (Å²) in [7, 11) is 0. The van der Waals surface area contributed by atoms with Crippen LogP contribution in [0.15, 0.2) is 77.3 Å². The smallest absolute Gasteiger partial charge is 0.254 e. The Morgan fingerprint density at radius 3 is 2.57 bits per heavy atom. The second kappa shape index (κ2) is 8.07. The maximum atomic E-state index is 13.4. The second-order valence-corrected chi connectivity index (χ2v) is 7.63. The standard InChI is InChI=1S/C23H20BrNO3/c1-16(18-6-3-2-4-7-18)25(23(26)19-8-5-9-20(24)13-19)14-17-10-11-21-22(12-17)28-15-27-21/h2-13,16H,14-15H2,1H3. The van der Waals surface area contributed by atoms with Crippen molar-refractivity contribution in [3.8, 4) is 11.5 Å². The van der Waals surface area contributed by atoms with E-state index in [9.17, 15) is 4.79 Å². The van der Waals surface area contributed by atoms with Crippen LogP contribution in [-0.4, -0.2) is 17.6 Å². The van der Waals surface area contributed by atoms with Gasteiger partial charge in [-0.15, -0.1) is 0 Å². The number of halogens is 1. The molecular weight excluding hydrogens is 418 g/mol. The van der Waals surface area contributed by atoms with Gasteiger partial charge in [0.25, 0.3) is 5.91 Å². The molecule has 0 fully saturated rings. The van der Waals surface area contributed by atoms with Crippen molar-refractivity contribution in [2.75, 3.05) is 6.79 Å². The summed E-state index contributed by atoms with van der Waals surface area (Å²) < 4.78 is 11.8. The van der Waals surface area contributed by atoms with E-state index in [-0.39, 0.29) is 18.7 Å². The van der Waals surface area contributed by atoms with Crippen molar-refractivity contribution >= 4 is 21.8 Å². The lowest BCUT2D eigenvalue weighted by atomic mass is 10.0. The molecule has 4 rings (SSSR count). The molecule has 142 valence electrons. The molecule has 0 saturated heterocycles. The molecule has 1 atom stereocenters. The summed E-state index contributed by atoms with van der Waals surface area (Å²) in [5.41, 5.74) is 2.74. The van der Waals surface area contributed by atoms with Crippen molar-refractivity contribution in [3.05, 3.63) is 94.0 Å². The molecule has 1 amide bonds. The van der Waals surface area contributed by atoms with Gasteiger partial charge in [0, 0.05) is 16.6 Å². The van der Waals surface area contributed by atoms with Crippen molar-refractivity contribution in [2.45, 2.75) is 19.5 Å². The minimum atomic E-state index is -0.0851. The first-order valence-electron chi connectivity index (χ1n) is 9.12. The van der Waals surface area contributed by atoms with E-state index in [4.69, 9.17) is 9.47 Å². The van der Waals surface area contributed by atoms with Crippen LogP contribution in [0.5, 0.6) is 11.5 Å². The Morgan fingerprint density at radius 1 is 1.00 bits per heavy atom. The molecule has 1 unspecified atom stereocenters. The highest BCUT2D eigenvalue weighted by Crippen LogP contribution is 2.34. The minimum Gasteiger partial charge on any atom is -0.454 e. The van der Waals surface area contributed by atoms with Gasteiger partial charge in [0.2, 0.25) is 6.79 Å². The van der Waals surface area contributed by atoms with Crippen LogP contribution < -0.4 is 9.47 Å². The molecule has 0 aliphatic carbocycles. The molecule has 1 aliphatic rings. The van der Waals surface area contributed by atoms with Gasteiger partial charge < -0.3 is 14.4 Å². The van der Waals surface area contributed by atoms with Crippen LogP contribution in [0, 0.1) is 0 Å². The lowest BCUT2D eigenvalue weighted by molar-refractivity contribution is 0.0674. The van der Waals surface area contributed by atoms with Crippen LogP contribution in [0.4, 0.5) is 0 Å². The maximum Gasteiger partial charge on any atom is 0.254 e. The van der Waals surface area contributed by atoms with E-state index in [1.54, 1.807) is 0 Å². The Bertz CT molecular complexity index is 990. The average molecular weight is 438 g/mol. The minimum absolute atomic E-state index is 0.0182. The summed E-state index contributed by atoms with van der Waals surface area (Å²) in [6.45, 7) is 2.76. The summed E-state index contributed by atoms with van der Waals surface area (Å²) in [4.78, 5) is 15.3. The summed E-state index contributed by atoms with van der Waals surface area (Å²) in [5, 5.41) is 0. The number of amides is 1. The Kier molecular flexibility index (Phi) is 5.35. The van der Waals surface area contributed by atoms with Crippen LogP contribution in [-0.2, 0) is 6.54 Å². The average Bonchev–Trinajstić information content (AvgIpc) is 3.19. The fourth-order valence-corrected chi connectivity index (χ4v) is 3.72. The fourth-order valence-electron chi connectivity index (χ4n) is 3.32. The number of benzene rings is 3. The number of nitrogens with zero attached hydrogens (tertiary/aromatic N) is 1. The first-order chi connectivity index (χ1) is 13.6. The third kappa shape index (κ3) is 3.90. The van der Waals surface area contributed by atoms with Crippen LogP contribution in [0.25, 0.3) is 0 Å². The van der Waals surface area contributed by atoms with Crippen molar-refractivity contribution < 1.29 is 14.3 Å². The lowest BCUT2D eigenvalue weighted by Gasteiger charge is -2.30. The van der Waals surface area contributed by atoms with Crippen LogP contribution >= 0.6 is 15.9 Å². The maximum absolute atomic E-state index is 13.4. The fraction of sp³-hybridized carbons (Fsp3) is 0.174. The van der Waals surface area contributed by atoms with Crippen LogP contribution in [0.2, 0.25) is 0 Å². The lowest BCUT2D eigenvalue weighted by Crippen LogP contribution is -2.33. The SMILES string of the molecule is CC(c1ccccc1)N(Cc1ccc2c(c1)OCO2)C(=O)c1cccc(Br)c1. The van der Waals surface area contributed by atoms with Gasteiger partial charge in [-0.1, -0.05) is 58.4 Å². The molecule has 0 radical (unpaired) electrons. The van der Waals surface area contributed by atoms with E-state index >= 15 is 0 Å². The third-order valence-corrected chi connectivity index (χ3v) is 5.37. The van der Waals surface area contributed by atoms with Gasteiger partial charge >= 0.3 is 0 Å². The summed E-state index contributed by atoms with van der Waals surface area (Å²) in [5.74, 6) is 1.44. The van der Waals surface area contributed by atoms with Crippen LogP contribution in [0.1, 0.15) is 34.5 Å². The molecule has 3 aromatic carbocycles. The Hall–Kier alpha value is -2.79. The quantitative estimate of drug-likeness (QED) is 0.522. The summed E-state index contributed by atoms with van der Waals surface area (Å²) >= 11 is 3.46. The number of carbonyl (C=O) groups is 1. The monoisotopic (exact) mass is 437 g/mol. The number of ether oxygens (including phenoxy) is 2. The molecule has 4 nitrogen and oxygen atoms in total. The van der Waals surface area contributed by atoms with E-state index in [1.165, 1.54) is 0 Å².